The highest BCUT2D eigenvalue weighted by molar-refractivity contribution is 6.16. The van der Waals surface area contributed by atoms with Gasteiger partial charge in [-0.3, -0.25) is 0 Å². The van der Waals surface area contributed by atoms with Gasteiger partial charge in [0.1, 0.15) is 11.3 Å². The van der Waals surface area contributed by atoms with Crippen molar-refractivity contribution in [3.63, 3.8) is 0 Å². The van der Waals surface area contributed by atoms with Crippen molar-refractivity contribution in [2.75, 3.05) is 13.2 Å². The second-order valence-corrected chi connectivity index (χ2v) is 5.95. The molecule has 0 bridgehead atoms. The highest BCUT2D eigenvalue weighted by Crippen LogP contribution is 2.35. The maximum Gasteiger partial charge on any atom is 0.159 e. The zero-order valence-corrected chi connectivity index (χ0v) is 13.1. The Morgan fingerprint density at radius 3 is 2.65 bits per heavy atom. The van der Waals surface area contributed by atoms with Crippen molar-refractivity contribution < 1.29 is 4.74 Å². The van der Waals surface area contributed by atoms with E-state index < -0.39 is 0 Å². The molecule has 0 atom stereocenters. The second-order valence-electron chi connectivity index (χ2n) is 5.68. The number of fused-ring (bicyclic) bond motifs is 1. The van der Waals surface area contributed by atoms with Crippen molar-refractivity contribution >= 4 is 22.8 Å². The molecule has 0 N–H and O–H groups in total. The van der Waals surface area contributed by atoms with Crippen LogP contribution in [0, 0.1) is 6.92 Å². The van der Waals surface area contributed by atoms with Crippen LogP contribution in [0.4, 0.5) is 0 Å². The topological polar surface area (TPSA) is 44.9 Å². The molecule has 0 spiro atoms. The van der Waals surface area contributed by atoms with Crippen LogP contribution in [0.3, 0.4) is 0 Å². The van der Waals surface area contributed by atoms with Crippen molar-refractivity contribution in [2.45, 2.75) is 51.6 Å². The number of aromatic nitrogens is 4. The maximum atomic E-state index is 6.15. The molecule has 0 radical (unpaired) electrons. The number of nitrogens with zero attached hydrogens (tertiary/aromatic N) is 4. The van der Waals surface area contributed by atoms with E-state index in [2.05, 4.69) is 23.5 Å². The normalized spacial score (nSPS) is 18.8. The summed E-state index contributed by atoms with van der Waals surface area (Å²) in [6.07, 6.45) is 1.96. The average molecular weight is 297 g/mol. The third-order valence-electron chi connectivity index (χ3n) is 4.31. The molecular formula is C14H21ClN4O. The summed E-state index contributed by atoms with van der Waals surface area (Å²) >= 11 is 6.15. The summed E-state index contributed by atoms with van der Waals surface area (Å²) in [6, 6.07) is 0. The quantitative estimate of drug-likeness (QED) is 0.818. The lowest BCUT2D eigenvalue weighted by molar-refractivity contribution is 0.0298. The van der Waals surface area contributed by atoms with Crippen molar-refractivity contribution in [2.24, 2.45) is 0 Å². The van der Waals surface area contributed by atoms with Gasteiger partial charge in [0.15, 0.2) is 5.65 Å². The van der Waals surface area contributed by atoms with E-state index in [1.165, 1.54) is 0 Å². The molecule has 3 heterocycles. The van der Waals surface area contributed by atoms with Gasteiger partial charge in [0, 0.05) is 25.3 Å². The molecule has 110 valence electrons. The fourth-order valence-electron chi connectivity index (χ4n) is 3.13. The van der Waals surface area contributed by atoms with Crippen LogP contribution in [-0.2, 0) is 22.7 Å². The summed E-state index contributed by atoms with van der Waals surface area (Å²) in [5.74, 6) is 1.36. The van der Waals surface area contributed by atoms with E-state index in [0.717, 1.165) is 55.3 Å². The summed E-state index contributed by atoms with van der Waals surface area (Å²) in [4.78, 5) is 4.73. The van der Waals surface area contributed by atoms with Crippen LogP contribution in [0.25, 0.3) is 11.2 Å². The number of ether oxygens (including phenoxy) is 1. The SMILES string of the molecule is CCn1nc(C)c2nc(CCl)n(C3(C)CCOCC3)c21. The van der Waals surface area contributed by atoms with Gasteiger partial charge >= 0.3 is 0 Å². The number of imidazole rings is 1. The minimum atomic E-state index is 0.0105. The van der Waals surface area contributed by atoms with E-state index in [0.29, 0.717) is 5.88 Å². The van der Waals surface area contributed by atoms with E-state index in [9.17, 15) is 0 Å². The largest absolute Gasteiger partial charge is 0.381 e. The van der Waals surface area contributed by atoms with Gasteiger partial charge in [-0.2, -0.15) is 5.10 Å². The Balaban J connectivity index is 2.26. The van der Waals surface area contributed by atoms with Crippen LogP contribution in [0.5, 0.6) is 0 Å². The van der Waals surface area contributed by atoms with Gasteiger partial charge in [0.2, 0.25) is 0 Å². The smallest absolute Gasteiger partial charge is 0.159 e. The third kappa shape index (κ3) is 1.95. The standard InChI is InChI=1S/C14H21ClN4O/c1-4-18-13-12(10(2)17-18)16-11(9-15)19(13)14(3)5-7-20-8-6-14/h4-9H2,1-3H3. The summed E-state index contributed by atoms with van der Waals surface area (Å²) in [7, 11) is 0. The fraction of sp³-hybridized carbons (Fsp3) is 0.714. The molecule has 0 aliphatic carbocycles. The van der Waals surface area contributed by atoms with E-state index in [-0.39, 0.29) is 5.54 Å². The first-order valence-electron chi connectivity index (χ1n) is 7.19. The van der Waals surface area contributed by atoms with Crippen LogP contribution in [0.2, 0.25) is 0 Å². The number of hydrogen-bond acceptors (Lipinski definition) is 3. The minimum Gasteiger partial charge on any atom is -0.381 e. The highest BCUT2D eigenvalue weighted by Gasteiger charge is 2.34. The number of hydrogen-bond donors (Lipinski definition) is 0. The molecule has 2 aromatic heterocycles. The van der Waals surface area contributed by atoms with Crippen LogP contribution in [0.15, 0.2) is 0 Å². The van der Waals surface area contributed by atoms with Crippen molar-refractivity contribution in [3.05, 3.63) is 11.5 Å². The van der Waals surface area contributed by atoms with E-state index in [1.54, 1.807) is 0 Å². The van der Waals surface area contributed by atoms with Gasteiger partial charge in [0.25, 0.3) is 0 Å². The molecule has 1 aliphatic heterocycles. The first-order valence-corrected chi connectivity index (χ1v) is 7.73. The Morgan fingerprint density at radius 1 is 1.35 bits per heavy atom. The molecule has 0 amide bonds. The summed E-state index contributed by atoms with van der Waals surface area (Å²) in [5, 5.41) is 4.59. The van der Waals surface area contributed by atoms with Gasteiger partial charge in [-0.1, -0.05) is 0 Å². The van der Waals surface area contributed by atoms with Crippen LogP contribution in [0.1, 0.15) is 38.2 Å². The molecule has 0 unspecified atom stereocenters. The Bertz CT molecular complexity index is 625. The number of rotatable bonds is 3. The lowest BCUT2D eigenvalue weighted by Gasteiger charge is -2.36. The molecular weight excluding hydrogens is 276 g/mol. The average Bonchev–Trinajstić information content (AvgIpc) is 2.97. The number of halogens is 1. The summed E-state index contributed by atoms with van der Waals surface area (Å²) in [5.41, 5.74) is 3.07. The zero-order valence-electron chi connectivity index (χ0n) is 12.3. The van der Waals surface area contributed by atoms with Gasteiger partial charge < -0.3 is 9.30 Å². The summed E-state index contributed by atoms with van der Waals surface area (Å²) < 4.78 is 9.86. The molecule has 2 aromatic rings. The first kappa shape index (κ1) is 13.9. The molecule has 6 heteroatoms. The Kier molecular flexibility index (Phi) is 3.50. The van der Waals surface area contributed by atoms with Crippen LogP contribution in [-0.4, -0.2) is 32.5 Å². The Labute approximate surface area is 123 Å². The summed E-state index contributed by atoms with van der Waals surface area (Å²) in [6.45, 7) is 8.81. The third-order valence-corrected chi connectivity index (χ3v) is 4.55. The maximum absolute atomic E-state index is 6.15. The van der Waals surface area contributed by atoms with E-state index in [4.69, 9.17) is 21.3 Å². The predicted molar refractivity (Wildman–Crippen MR) is 79.2 cm³/mol. The lowest BCUT2D eigenvalue weighted by atomic mass is 9.92. The molecule has 5 nitrogen and oxygen atoms in total. The van der Waals surface area contributed by atoms with Crippen molar-refractivity contribution in [3.8, 4) is 0 Å². The predicted octanol–water partition coefficient (Wildman–Crippen LogP) is 2.83. The van der Waals surface area contributed by atoms with Crippen molar-refractivity contribution in [1.82, 2.24) is 19.3 Å². The molecule has 20 heavy (non-hydrogen) atoms. The first-order chi connectivity index (χ1) is 9.60. The van der Waals surface area contributed by atoms with Gasteiger partial charge in [0.05, 0.1) is 11.6 Å². The fourth-order valence-corrected chi connectivity index (χ4v) is 3.30. The molecule has 1 saturated heterocycles. The lowest BCUT2D eigenvalue weighted by Crippen LogP contribution is -2.38. The molecule has 3 rings (SSSR count). The minimum absolute atomic E-state index is 0.0105. The molecule has 1 fully saturated rings. The number of aryl methyl sites for hydroxylation is 2. The van der Waals surface area contributed by atoms with Crippen LogP contribution >= 0.6 is 11.6 Å². The monoisotopic (exact) mass is 296 g/mol. The Hall–Kier alpha value is -1.07. The second kappa shape index (κ2) is 5.04. The van der Waals surface area contributed by atoms with Crippen LogP contribution < -0.4 is 0 Å². The van der Waals surface area contributed by atoms with E-state index >= 15 is 0 Å². The molecule has 1 aliphatic rings. The van der Waals surface area contributed by atoms with E-state index in [1.807, 2.05) is 11.6 Å². The van der Waals surface area contributed by atoms with Crippen molar-refractivity contribution in [1.29, 1.82) is 0 Å². The highest BCUT2D eigenvalue weighted by atomic mass is 35.5. The van der Waals surface area contributed by atoms with Gasteiger partial charge in [-0.05, 0) is 33.6 Å². The van der Waals surface area contributed by atoms with Gasteiger partial charge in [-0.25, -0.2) is 9.67 Å². The molecule has 0 aromatic carbocycles. The Morgan fingerprint density at radius 2 is 2.05 bits per heavy atom. The van der Waals surface area contributed by atoms with Gasteiger partial charge in [-0.15, -0.1) is 11.6 Å². The molecule has 0 saturated carbocycles. The number of alkyl halides is 1. The zero-order chi connectivity index (χ0) is 14.3.